The molecule has 2 atom stereocenters. The van der Waals surface area contributed by atoms with Gasteiger partial charge in [-0.1, -0.05) is 17.7 Å². The maximum absolute atomic E-state index is 12.3. The van der Waals surface area contributed by atoms with E-state index in [1.165, 1.54) is 0 Å². The molecule has 2 aliphatic rings. The molecule has 0 unspecified atom stereocenters. The van der Waals surface area contributed by atoms with Crippen LogP contribution in [0.15, 0.2) is 18.2 Å². The standard InChI is InChI=1S/C19H25NO5/c1-12-3-4-16(24-2)15(9-12)19(5-7-25-8-6-19)11-20-17(21)13-10-14(13)18(22)23/h3-4,9,13-14H,5-8,10-11H2,1-2H3,(H,20,21)(H,22,23)/t13-,14+/m1/s1. The van der Waals surface area contributed by atoms with Crippen LogP contribution in [-0.4, -0.2) is 43.9 Å². The molecule has 6 heteroatoms. The van der Waals surface area contributed by atoms with Crippen molar-refractivity contribution in [1.82, 2.24) is 5.32 Å². The first-order chi connectivity index (χ1) is 12.0. The van der Waals surface area contributed by atoms with Crippen molar-refractivity contribution >= 4 is 11.9 Å². The zero-order chi connectivity index (χ0) is 18.0. The molecule has 25 heavy (non-hydrogen) atoms. The molecule has 0 spiro atoms. The first-order valence-corrected chi connectivity index (χ1v) is 8.70. The Morgan fingerprint density at radius 2 is 2.04 bits per heavy atom. The Hall–Kier alpha value is -2.08. The minimum absolute atomic E-state index is 0.162. The fourth-order valence-electron chi connectivity index (χ4n) is 3.68. The number of nitrogens with one attached hydrogen (secondary N) is 1. The van der Waals surface area contributed by atoms with Gasteiger partial charge in [-0.3, -0.25) is 9.59 Å². The van der Waals surface area contributed by atoms with Gasteiger partial charge < -0.3 is 19.9 Å². The summed E-state index contributed by atoms with van der Waals surface area (Å²) in [6.45, 7) is 3.77. The van der Waals surface area contributed by atoms with Crippen LogP contribution in [0.1, 0.15) is 30.4 Å². The van der Waals surface area contributed by atoms with E-state index in [0.29, 0.717) is 26.2 Å². The number of ether oxygens (including phenoxy) is 2. The van der Waals surface area contributed by atoms with Crippen LogP contribution < -0.4 is 10.1 Å². The minimum Gasteiger partial charge on any atom is -0.496 e. The van der Waals surface area contributed by atoms with Crippen molar-refractivity contribution in [3.05, 3.63) is 29.3 Å². The van der Waals surface area contributed by atoms with Gasteiger partial charge in [0.15, 0.2) is 0 Å². The minimum atomic E-state index is -0.888. The molecule has 1 amide bonds. The van der Waals surface area contributed by atoms with Crippen molar-refractivity contribution in [2.75, 3.05) is 26.9 Å². The maximum atomic E-state index is 12.3. The molecule has 3 rings (SSSR count). The number of carboxylic acids is 1. The van der Waals surface area contributed by atoms with Crippen LogP contribution in [-0.2, 0) is 19.7 Å². The molecule has 0 bridgehead atoms. The Bertz CT molecular complexity index is 666. The number of aliphatic carboxylic acids is 1. The molecular formula is C19H25NO5. The number of rotatable bonds is 6. The van der Waals surface area contributed by atoms with Crippen LogP contribution in [0.3, 0.4) is 0 Å². The highest BCUT2D eigenvalue weighted by Gasteiger charge is 2.49. The van der Waals surface area contributed by atoms with Gasteiger partial charge in [0.2, 0.25) is 5.91 Å². The van der Waals surface area contributed by atoms with Gasteiger partial charge >= 0.3 is 5.97 Å². The van der Waals surface area contributed by atoms with Crippen LogP contribution in [0.2, 0.25) is 0 Å². The number of carbonyl (C=O) groups is 2. The molecule has 1 aromatic rings. The molecular weight excluding hydrogens is 322 g/mol. The van der Waals surface area contributed by atoms with Crippen molar-refractivity contribution in [3.8, 4) is 5.75 Å². The van der Waals surface area contributed by atoms with Crippen LogP contribution in [0.4, 0.5) is 0 Å². The maximum Gasteiger partial charge on any atom is 0.307 e. The highest BCUT2D eigenvalue weighted by molar-refractivity contribution is 5.89. The number of hydrogen-bond donors (Lipinski definition) is 2. The normalized spacial score (nSPS) is 24.4. The summed E-state index contributed by atoms with van der Waals surface area (Å²) in [4.78, 5) is 23.3. The topological polar surface area (TPSA) is 84.9 Å². The largest absolute Gasteiger partial charge is 0.496 e. The molecule has 1 aliphatic carbocycles. The average molecular weight is 347 g/mol. The number of benzene rings is 1. The van der Waals surface area contributed by atoms with Crippen molar-refractivity contribution < 1.29 is 24.2 Å². The van der Waals surface area contributed by atoms with E-state index in [0.717, 1.165) is 29.7 Å². The summed E-state index contributed by atoms with van der Waals surface area (Å²) in [6, 6.07) is 6.09. The number of aryl methyl sites for hydroxylation is 1. The van der Waals surface area contributed by atoms with Gasteiger partial charge in [0.05, 0.1) is 18.9 Å². The predicted octanol–water partition coefficient (Wildman–Crippen LogP) is 1.89. The summed E-state index contributed by atoms with van der Waals surface area (Å²) < 4.78 is 11.1. The Morgan fingerprint density at radius 3 is 2.64 bits per heavy atom. The van der Waals surface area contributed by atoms with Gasteiger partial charge in [-0.15, -0.1) is 0 Å². The number of amides is 1. The van der Waals surface area contributed by atoms with Crippen LogP contribution in [0.5, 0.6) is 5.75 Å². The second-order valence-corrected chi connectivity index (χ2v) is 7.10. The highest BCUT2D eigenvalue weighted by atomic mass is 16.5. The van der Waals surface area contributed by atoms with Crippen molar-refractivity contribution in [2.24, 2.45) is 11.8 Å². The lowest BCUT2D eigenvalue weighted by molar-refractivity contribution is -0.140. The molecule has 6 nitrogen and oxygen atoms in total. The molecule has 1 aromatic carbocycles. The molecule has 0 aromatic heterocycles. The Labute approximate surface area is 147 Å². The lowest BCUT2D eigenvalue weighted by atomic mass is 9.73. The van der Waals surface area contributed by atoms with Crippen molar-refractivity contribution in [3.63, 3.8) is 0 Å². The summed E-state index contributed by atoms with van der Waals surface area (Å²) in [5.41, 5.74) is 1.98. The third kappa shape index (κ3) is 3.63. The molecule has 136 valence electrons. The molecule has 1 heterocycles. The molecule has 1 saturated carbocycles. The highest BCUT2D eigenvalue weighted by Crippen LogP contribution is 2.41. The summed E-state index contributed by atoms with van der Waals surface area (Å²) in [7, 11) is 1.65. The van der Waals surface area contributed by atoms with Crippen LogP contribution in [0.25, 0.3) is 0 Å². The SMILES string of the molecule is COc1ccc(C)cc1C1(CNC(=O)[C@@H]2C[C@@H]2C(=O)O)CCOCC1. The van der Waals surface area contributed by atoms with Gasteiger partial charge in [0.1, 0.15) is 5.75 Å². The number of carbonyl (C=O) groups excluding carboxylic acids is 1. The third-order valence-corrected chi connectivity index (χ3v) is 5.42. The summed E-state index contributed by atoms with van der Waals surface area (Å²) in [5, 5.41) is 12.0. The van der Waals surface area contributed by atoms with E-state index in [1.807, 2.05) is 19.1 Å². The summed E-state index contributed by atoms with van der Waals surface area (Å²) in [6.07, 6.45) is 2.02. The molecule has 1 aliphatic heterocycles. The zero-order valence-corrected chi connectivity index (χ0v) is 14.7. The fourth-order valence-corrected chi connectivity index (χ4v) is 3.68. The van der Waals surface area contributed by atoms with Gasteiger partial charge in [0, 0.05) is 30.7 Å². The second-order valence-electron chi connectivity index (χ2n) is 7.10. The van der Waals surface area contributed by atoms with E-state index < -0.39 is 17.8 Å². The van der Waals surface area contributed by atoms with Crippen LogP contribution >= 0.6 is 0 Å². The number of carboxylic acid groups (broad SMARTS) is 1. The van der Waals surface area contributed by atoms with E-state index in [2.05, 4.69) is 11.4 Å². The molecule has 2 fully saturated rings. The average Bonchev–Trinajstić information content (AvgIpc) is 3.41. The Balaban J connectivity index is 1.79. The molecule has 1 saturated heterocycles. The predicted molar refractivity (Wildman–Crippen MR) is 91.7 cm³/mol. The van der Waals surface area contributed by atoms with E-state index >= 15 is 0 Å². The van der Waals surface area contributed by atoms with E-state index in [-0.39, 0.29) is 11.3 Å². The lowest BCUT2D eigenvalue weighted by Gasteiger charge is -2.39. The Kier molecular flexibility index (Phi) is 4.99. The number of methoxy groups -OCH3 is 1. The molecule has 2 N–H and O–H groups in total. The van der Waals surface area contributed by atoms with Gasteiger partial charge in [0.25, 0.3) is 0 Å². The van der Waals surface area contributed by atoms with Crippen molar-refractivity contribution in [2.45, 2.75) is 31.6 Å². The van der Waals surface area contributed by atoms with E-state index in [1.54, 1.807) is 7.11 Å². The third-order valence-electron chi connectivity index (χ3n) is 5.42. The first kappa shape index (κ1) is 17.7. The van der Waals surface area contributed by atoms with E-state index in [4.69, 9.17) is 14.6 Å². The van der Waals surface area contributed by atoms with Gasteiger partial charge in [-0.2, -0.15) is 0 Å². The second kappa shape index (κ2) is 7.04. The van der Waals surface area contributed by atoms with Crippen molar-refractivity contribution in [1.29, 1.82) is 0 Å². The quantitative estimate of drug-likeness (QED) is 0.821. The Morgan fingerprint density at radius 1 is 1.32 bits per heavy atom. The monoisotopic (exact) mass is 347 g/mol. The molecule has 0 radical (unpaired) electrons. The van der Waals surface area contributed by atoms with Gasteiger partial charge in [-0.25, -0.2) is 0 Å². The fraction of sp³-hybridized carbons (Fsp3) is 0.579. The summed E-state index contributed by atoms with van der Waals surface area (Å²) in [5.74, 6) is -1.16. The lowest BCUT2D eigenvalue weighted by Crippen LogP contribution is -2.45. The first-order valence-electron chi connectivity index (χ1n) is 8.70. The number of hydrogen-bond acceptors (Lipinski definition) is 4. The van der Waals surface area contributed by atoms with Gasteiger partial charge in [-0.05, 0) is 32.3 Å². The van der Waals surface area contributed by atoms with Crippen LogP contribution in [0, 0.1) is 18.8 Å². The van der Waals surface area contributed by atoms with E-state index in [9.17, 15) is 9.59 Å². The zero-order valence-electron chi connectivity index (χ0n) is 14.7. The summed E-state index contributed by atoms with van der Waals surface area (Å²) >= 11 is 0. The smallest absolute Gasteiger partial charge is 0.307 e.